The van der Waals surface area contributed by atoms with Gasteiger partial charge in [-0.3, -0.25) is 4.79 Å². The first-order chi connectivity index (χ1) is 29.4. The molecule has 4 heterocycles. The molecule has 62 heavy (non-hydrogen) atoms. The van der Waals surface area contributed by atoms with Gasteiger partial charge in [-0.25, -0.2) is 0 Å². The molecule has 0 aromatic carbocycles. The number of ketones is 1. The summed E-state index contributed by atoms with van der Waals surface area (Å²) in [5.74, 6) is 2.24. The topological polar surface area (TPSA) is 284 Å². The zero-order valence-electron chi connectivity index (χ0n) is 36.1. The summed E-state index contributed by atoms with van der Waals surface area (Å²) in [7, 11) is 0. The van der Waals surface area contributed by atoms with E-state index >= 15 is 0 Å². The number of carbonyl (C=O) groups is 1. The molecule has 8 rings (SSSR count). The SMILES string of the molecule is CC1=C(CCC(C)COC2OC(CO)C(O)C(O)C2O)OC2CC3C4CC(=O)C5CC(OC6OC(COC7OCC(O)C(O)C7O)C(O)C(O)C6O)CCC5(C)C4CCC3(C)C12. The second kappa shape index (κ2) is 18.3. The Labute approximate surface area is 362 Å². The molecule has 18 heteroatoms. The first kappa shape index (κ1) is 47.1. The molecule has 4 aliphatic heterocycles. The number of carbonyl (C=O) groups excluding carboxylic acids is 1. The average Bonchev–Trinajstić information content (AvgIpc) is 3.73. The van der Waals surface area contributed by atoms with Crippen molar-refractivity contribution in [1.82, 2.24) is 0 Å². The Morgan fingerprint density at radius 2 is 1.42 bits per heavy atom. The van der Waals surface area contributed by atoms with Crippen molar-refractivity contribution in [2.24, 2.45) is 46.3 Å². The van der Waals surface area contributed by atoms with Gasteiger partial charge in [0.05, 0.1) is 38.3 Å². The van der Waals surface area contributed by atoms with Crippen LogP contribution in [0, 0.1) is 46.3 Å². The van der Waals surface area contributed by atoms with E-state index < -0.39 is 98.7 Å². The third-order valence-electron chi connectivity index (χ3n) is 16.7. The van der Waals surface area contributed by atoms with Gasteiger partial charge in [0.2, 0.25) is 0 Å². The number of fused-ring (bicyclic) bond motifs is 7. The number of aliphatic hydroxyl groups excluding tert-OH is 10. The van der Waals surface area contributed by atoms with Crippen molar-refractivity contribution >= 4 is 5.78 Å². The Morgan fingerprint density at radius 3 is 2.15 bits per heavy atom. The molecule has 7 fully saturated rings. The Hall–Kier alpha value is -1.43. The highest BCUT2D eigenvalue weighted by Crippen LogP contribution is 2.69. The van der Waals surface area contributed by atoms with Crippen molar-refractivity contribution in [3.05, 3.63) is 11.3 Å². The van der Waals surface area contributed by atoms with E-state index in [4.69, 9.17) is 33.2 Å². The Bertz CT molecular complexity index is 1610. The third-order valence-corrected chi connectivity index (χ3v) is 16.7. The highest BCUT2D eigenvalue weighted by atomic mass is 16.7. The van der Waals surface area contributed by atoms with E-state index in [2.05, 4.69) is 20.8 Å². The van der Waals surface area contributed by atoms with Gasteiger partial charge >= 0.3 is 0 Å². The third kappa shape index (κ3) is 8.34. The Morgan fingerprint density at radius 1 is 0.758 bits per heavy atom. The smallest absolute Gasteiger partial charge is 0.186 e. The Balaban J connectivity index is 0.852. The van der Waals surface area contributed by atoms with Crippen LogP contribution in [0.25, 0.3) is 0 Å². The van der Waals surface area contributed by atoms with E-state index in [9.17, 15) is 55.9 Å². The van der Waals surface area contributed by atoms with Crippen molar-refractivity contribution in [3.8, 4) is 0 Å². The van der Waals surface area contributed by atoms with Crippen molar-refractivity contribution in [2.75, 3.05) is 26.4 Å². The minimum absolute atomic E-state index is 0.0122. The first-order valence-corrected chi connectivity index (χ1v) is 22.8. The van der Waals surface area contributed by atoms with E-state index in [1.165, 1.54) is 5.57 Å². The molecule has 3 saturated heterocycles. The molecule has 24 unspecified atom stereocenters. The fourth-order valence-corrected chi connectivity index (χ4v) is 13.1. The number of rotatable bonds is 12. The number of aliphatic hydroxyl groups is 10. The highest BCUT2D eigenvalue weighted by Gasteiger charge is 2.66. The lowest BCUT2D eigenvalue weighted by molar-refractivity contribution is -0.330. The van der Waals surface area contributed by atoms with Crippen LogP contribution in [0.15, 0.2) is 11.3 Å². The van der Waals surface area contributed by atoms with Gasteiger partial charge in [0.15, 0.2) is 18.9 Å². The fourth-order valence-electron chi connectivity index (χ4n) is 13.1. The standard InChI is InChI=1S/C44H70O18/c1-18(15-56-41-38(54)35(51)33(49)29(14-45)61-41)5-6-27-19(2)31-28(60-27)13-23-21-12-25(46)24-11-20(7-9-43(24,3)22(21)8-10-44(23,31)4)59-42-39(55)36(52)34(50)30(62-42)17-58-40-37(53)32(48)26(47)16-57-40/h18,20-24,26,28-42,45,47-55H,5-17H2,1-4H3. The quantitative estimate of drug-likeness (QED) is 0.105. The number of hydrogen-bond donors (Lipinski definition) is 10. The lowest BCUT2D eigenvalue weighted by Gasteiger charge is -2.60. The van der Waals surface area contributed by atoms with Gasteiger partial charge in [-0.15, -0.1) is 0 Å². The van der Waals surface area contributed by atoms with Crippen molar-refractivity contribution in [3.63, 3.8) is 0 Å². The second-order valence-electron chi connectivity index (χ2n) is 20.4. The maximum Gasteiger partial charge on any atom is 0.186 e. The fraction of sp³-hybridized carbons (Fsp3) is 0.932. The lowest BCUT2D eigenvalue weighted by Crippen LogP contribution is -2.61. The van der Waals surface area contributed by atoms with Crippen LogP contribution < -0.4 is 0 Å². The molecule has 4 saturated carbocycles. The largest absolute Gasteiger partial charge is 0.494 e. The first-order valence-electron chi connectivity index (χ1n) is 22.8. The Kier molecular flexibility index (Phi) is 13.9. The number of ether oxygens (including phenoxy) is 7. The summed E-state index contributed by atoms with van der Waals surface area (Å²) in [4.78, 5) is 14.3. The summed E-state index contributed by atoms with van der Waals surface area (Å²) in [5.41, 5.74) is 1.03. The van der Waals surface area contributed by atoms with Crippen LogP contribution in [0.4, 0.5) is 0 Å². The number of Topliss-reactive ketones (excluding diaryl/α,β-unsaturated/α-hetero) is 1. The zero-order valence-corrected chi connectivity index (χ0v) is 36.1. The van der Waals surface area contributed by atoms with Crippen LogP contribution >= 0.6 is 0 Å². The van der Waals surface area contributed by atoms with E-state index in [1.807, 2.05) is 6.92 Å². The van der Waals surface area contributed by atoms with Crippen LogP contribution in [0.5, 0.6) is 0 Å². The normalized spacial score (nSPS) is 52.2. The molecule has 0 radical (unpaired) electrons. The second-order valence-corrected chi connectivity index (χ2v) is 20.4. The van der Waals surface area contributed by atoms with E-state index in [-0.39, 0.29) is 66.2 Å². The summed E-state index contributed by atoms with van der Waals surface area (Å²) < 4.78 is 41.1. The minimum atomic E-state index is -1.63. The molecular weight excluding hydrogens is 816 g/mol. The molecule has 0 spiro atoms. The van der Waals surface area contributed by atoms with Gasteiger partial charge in [0.25, 0.3) is 0 Å². The molecule has 0 amide bonds. The van der Waals surface area contributed by atoms with Crippen LogP contribution in [-0.4, -0.2) is 181 Å². The molecular formula is C44H70O18. The molecule has 0 aromatic rings. The van der Waals surface area contributed by atoms with Gasteiger partial charge in [-0.05, 0) is 91.9 Å². The van der Waals surface area contributed by atoms with Crippen LogP contribution in [0.1, 0.15) is 85.5 Å². The summed E-state index contributed by atoms with van der Waals surface area (Å²) in [5, 5.41) is 102. The van der Waals surface area contributed by atoms with Crippen molar-refractivity contribution in [2.45, 2.75) is 184 Å². The van der Waals surface area contributed by atoms with Gasteiger partial charge in [0, 0.05) is 24.7 Å². The van der Waals surface area contributed by atoms with Crippen LogP contribution in [0.3, 0.4) is 0 Å². The minimum Gasteiger partial charge on any atom is -0.494 e. The molecule has 24 atom stereocenters. The molecule has 10 N–H and O–H groups in total. The highest BCUT2D eigenvalue weighted by molar-refractivity contribution is 5.83. The zero-order chi connectivity index (χ0) is 44.6. The molecule has 4 aliphatic carbocycles. The average molecular weight is 887 g/mol. The van der Waals surface area contributed by atoms with Crippen LogP contribution in [0.2, 0.25) is 0 Å². The summed E-state index contributed by atoms with van der Waals surface area (Å²) in [6.07, 6.45) is -13.2. The number of hydrogen-bond acceptors (Lipinski definition) is 18. The predicted octanol–water partition coefficient (Wildman–Crippen LogP) is -1.01. The summed E-state index contributed by atoms with van der Waals surface area (Å²) >= 11 is 0. The van der Waals surface area contributed by atoms with Gasteiger partial charge in [-0.2, -0.15) is 0 Å². The molecule has 0 bridgehead atoms. The molecule has 0 aromatic heterocycles. The lowest BCUT2D eigenvalue weighted by atomic mass is 9.44. The maximum atomic E-state index is 14.3. The maximum absolute atomic E-state index is 14.3. The predicted molar refractivity (Wildman–Crippen MR) is 212 cm³/mol. The molecule has 18 nitrogen and oxygen atoms in total. The summed E-state index contributed by atoms with van der Waals surface area (Å²) in [6, 6.07) is 0. The van der Waals surface area contributed by atoms with Gasteiger partial charge in [-0.1, -0.05) is 20.8 Å². The van der Waals surface area contributed by atoms with Crippen molar-refractivity contribution in [1.29, 1.82) is 0 Å². The van der Waals surface area contributed by atoms with Crippen molar-refractivity contribution < 1.29 is 89.0 Å². The van der Waals surface area contributed by atoms with E-state index in [0.29, 0.717) is 31.1 Å². The van der Waals surface area contributed by atoms with Gasteiger partial charge < -0.3 is 84.2 Å². The molecule has 354 valence electrons. The van der Waals surface area contributed by atoms with E-state index in [0.717, 1.165) is 44.3 Å². The number of allylic oxidation sites excluding steroid dienone is 1. The summed E-state index contributed by atoms with van der Waals surface area (Å²) in [6.45, 7) is 7.95. The van der Waals surface area contributed by atoms with E-state index in [1.54, 1.807) is 0 Å². The monoisotopic (exact) mass is 886 g/mol. The molecule has 8 aliphatic rings. The van der Waals surface area contributed by atoms with Gasteiger partial charge in [0.1, 0.15) is 79.0 Å². The van der Waals surface area contributed by atoms with Crippen LogP contribution in [-0.2, 0) is 38.0 Å².